The lowest BCUT2D eigenvalue weighted by atomic mass is 10.0. The van der Waals surface area contributed by atoms with Crippen LogP contribution in [0.4, 0.5) is 0 Å². The van der Waals surface area contributed by atoms with Gasteiger partial charge in [-0.05, 0) is 101 Å². The summed E-state index contributed by atoms with van der Waals surface area (Å²) in [5.41, 5.74) is 21.9. The Morgan fingerprint density at radius 1 is 0.587 bits per heavy atom. The first kappa shape index (κ1) is 37.4. The predicted molar refractivity (Wildman–Crippen MR) is 262 cm³/mol. The molecule has 5 heterocycles. The van der Waals surface area contributed by atoms with Crippen LogP contribution >= 0.6 is 0 Å². The van der Waals surface area contributed by atoms with Crippen LogP contribution in [0.25, 0.3) is 99.5 Å². The Morgan fingerprint density at radius 3 is 1.94 bits per heavy atom. The summed E-state index contributed by atoms with van der Waals surface area (Å²) in [6.45, 7) is 5.20. The normalized spacial score (nSPS) is 12.7. The Kier molecular flexibility index (Phi) is 9.20. The van der Waals surface area contributed by atoms with Gasteiger partial charge in [0.1, 0.15) is 11.0 Å². The van der Waals surface area contributed by atoms with Crippen molar-refractivity contribution >= 4 is 94.6 Å². The number of nitrogens with two attached hydrogens (primary N) is 1. The number of nitrogens with one attached hydrogen (secondary N) is 1. The van der Waals surface area contributed by atoms with Gasteiger partial charge in [-0.2, -0.15) is 0 Å². The number of pyridine rings is 2. The molecule has 0 bridgehead atoms. The maximum absolute atomic E-state index is 8.41. The maximum Gasteiger partial charge on any atom is 0.155 e. The van der Waals surface area contributed by atoms with Gasteiger partial charge in [0.2, 0.25) is 0 Å². The van der Waals surface area contributed by atoms with E-state index >= 15 is 0 Å². The number of hydrogen-bond acceptors (Lipinski definition) is 5. The molecule has 300 valence electrons. The molecule has 0 aliphatic carbocycles. The third kappa shape index (κ3) is 6.60. The molecule has 0 amide bonds. The summed E-state index contributed by atoms with van der Waals surface area (Å²) in [6.07, 6.45) is 9.34. The van der Waals surface area contributed by atoms with Crippen molar-refractivity contribution in [3.8, 4) is 11.1 Å². The topological polar surface area (TPSA) is 98.6 Å². The third-order valence-electron chi connectivity index (χ3n) is 11.9. The first-order valence-corrected chi connectivity index (χ1v) is 20.9. The van der Waals surface area contributed by atoms with Crippen molar-refractivity contribution in [1.82, 2.24) is 19.1 Å². The van der Waals surface area contributed by atoms with E-state index in [4.69, 9.17) is 20.5 Å². The van der Waals surface area contributed by atoms with Crippen LogP contribution < -0.4 is 5.73 Å². The molecule has 0 fully saturated rings. The van der Waals surface area contributed by atoms with Crippen LogP contribution in [0, 0.1) is 5.41 Å². The Labute approximate surface area is 363 Å². The Bertz CT molecular complexity index is 3700. The van der Waals surface area contributed by atoms with Gasteiger partial charge in [0.15, 0.2) is 11.2 Å². The van der Waals surface area contributed by atoms with E-state index in [0.29, 0.717) is 40.0 Å². The minimum Gasteiger partial charge on any atom is -0.453 e. The molecule has 0 radical (unpaired) electrons. The molecule has 0 saturated heterocycles. The van der Waals surface area contributed by atoms with E-state index in [2.05, 4.69) is 142 Å². The molecule has 7 nitrogen and oxygen atoms in total. The van der Waals surface area contributed by atoms with Gasteiger partial charge >= 0.3 is 0 Å². The van der Waals surface area contributed by atoms with Crippen molar-refractivity contribution in [3.05, 3.63) is 218 Å². The highest BCUT2D eigenvalue weighted by Crippen LogP contribution is 2.38. The summed E-state index contributed by atoms with van der Waals surface area (Å²) >= 11 is 0. The number of rotatable bonds is 10. The second-order valence-electron chi connectivity index (χ2n) is 15.7. The molecular formula is C56H40N6O. The van der Waals surface area contributed by atoms with Crippen LogP contribution in [0.2, 0.25) is 0 Å². The summed E-state index contributed by atoms with van der Waals surface area (Å²) in [4.78, 5) is 9.39. The molecule has 0 aliphatic rings. The summed E-state index contributed by atoms with van der Waals surface area (Å²) in [6, 6.07) is 58.6. The average Bonchev–Trinajstić information content (AvgIpc) is 3.99. The van der Waals surface area contributed by atoms with Gasteiger partial charge in [-0.3, -0.25) is 4.98 Å². The number of benzene rings is 6. The van der Waals surface area contributed by atoms with Gasteiger partial charge in [0, 0.05) is 68.5 Å². The first-order chi connectivity index (χ1) is 31.0. The molecule has 0 unspecified atom stereocenters. The van der Waals surface area contributed by atoms with Gasteiger partial charge in [-0.1, -0.05) is 122 Å². The predicted octanol–water partition coefficient (Wildman–Crippen LogP) is 13.5. The van der Waals surface area contributed by atoms with E-state index in [0.717, 1.165) is 66.5 Å². The third-order valence-corrected chi connectivity index (χ3v) is 11.9. The number of nitrogens with zero attached hydrogens (tertiary/aromatic N) is 4. The van der Waals surface area contributed by atoms with Crippen LogP contribution in [0.1, 0.15) is 16.8 Å². The lowest BCUT2D eigenvalue weighted by molar-refractivity contribution is 0.667. The Balaban J connectivity index is 0.972. The van der Waals surface area contributed by atoms with E-state index in [1.54, 1.807) is 6.20 Å². The minimum absolute atomic E-state index is 0.627. The van der Waals surface area contributed by atoms with Gasteiger partial charge in [-0.25, -0.2) is 4.98 Å². The Morgan fingerprint density at radius 2 is 1.19 bits per heavy atom. The largest absolute Gasteiger partial charge is 0.453 e. The molecule has 0 aliphatic heterocycles. The van der Waals surface area contributed by atoms with Crippen molar-refractivity contribution in [1.29, 1.82) is 5.41 Å². The zero-order valence-electron chi connectivity index (χ0n) is 34.2. The van der Waals surface area contributed by atoms with Crippen LogP contribution in [-0.4, -0.2) is 25.3 Å². The molecule has 0 spiro atoms. The molecule has 11 aromatic rings. The van der Waals surface area contributed by atoms with Crippen LogP contribution in [0.3, 0.4) is 0 Å². The maximum atomic E-state index is 8.41. The van der Waals surface area contributed by atoms with E-state index in [1.165, 1.54) is 22.5 Å². The first-order valence-electron chi connectivity index (χ1n) is 20.9. The molecular weight excluding hydrogens is 773 g/mol. The highest BCUT2D eigenvalue weighted by atomic mass is 16.3. The monoisotopic (exact) mass is 812 g/mol. The molecule has 11 rings (SSSR count). The molecule has 5 aromatic heterocycles. The number of fused-ring (bicyclic) bond motifs is 9. The summed E-state index contributed by atoms with van der Waals surface area (Å²) in [7, 11) is 0. The summed E-state index contributed by atoms with van der Waals surface area (Å²) < 4.78 is 10.5. The molecule has 3 N–H and O–H groups in total. The summed E-state index contributed by atoms with van der Waals surface area (Å²) in [5.74, 6) is 0. The number of furan rings is 1. The fourth-order valence-corrected chi connectivity index (χ4v) is 8.92. The second-order valence-corrected chi connectivity index (χ2v) is 15.7. The van der Waals surface area contributed by atoms with Crippen LogP contribution in [-0.2, 0) is 6.54 Å². The number of aromatic nitrogens is 4. The quantitative estimate of drug-likeness (QED) is 0.106. The number of hydrogen-bond donors (Lipinski definition) is 2. The zero-order chi connectivity index (χ0) is 42.4. The SMILES string of the molecule is C=C(/C=C(\C=N)c1ccc2oc3cccnc3c2n1)n1c2ccccc2c2cc(-c3ccc4c(c3)c3ccccc3n4C/C=C(\C=C(/N)c3ccccc3)c3ccccc3)ccc21. The zero-order valence-corrected chi connectivity index (χ0v) is 34.2. The minimum atomic E-state index is 0.627. The highest BCUT2D eigenvalue weighted by molar-refractivity contribution is 6.15. The highest BCUT2D eigenvalue weighted by Gasteiger charge is 2.17. The van der Waals surface area contributed by atoms with Gasteiger partial charge < -0.3 is 24.7 Å². The van der Waals surface area contributed by atoms with Crippen molar-refractivity contribution in [2.45, 2.75) is 6.54 Å². The molecule has 0 atom stereocenters. The lowest BCUT2D eigenvalue weighted by Gasteiger charge is -2.10. The smallest absolute Gasteiger partial charge is 0.155 e. The number of allylic oxidation sites excluding steroid dienone is 6. The molecule has 63 heavy (non-hydrogen) atoms. The van der Waals surface area contributed by atoms with E-state index in [-0.39, 0.29) is 0 Å². The van der Waals surface area contributed by atoms with Crippen molar-refractivity contribution in [3.63, 3.8) is 0 Å². The fraction of sp³-hybridized carbons (Fsp3) is 0.0179. The van der Waals surface area contributed by atoms with E-state index < -0.39 is 0 Å². The van der Waals surface area contributed by atoms with Crippen LogP contribution in [0.15, 0.2) is 205 Å². The van der Waals surface area contributed by atoms with Gasteiger partial charge in [0.25, 0.3) is 0 Å². The van der Waals surface area contributed by atoms with Gasteiger partial charge in [0.05, 0.1) is 16.7 Å². The fourth-order valence-electron chi connectivity index (χ4n) is 8.92. The average molecular weight is 813 g/mol. The van der Waals surface area contributed by atoms with Crippen molar-refractivity contribution < 1.29 is 4.42 Å². The van der Waals surface area contributed by atoms with Crippen molar-refractivity contribution in [2.24, 2.45) is 5.73 Å². The Hall–Kier alpha value is -8.55. The van der Waals surface area contributed by atoms with E-state index in [9.17, 15) is 0 Å². The lowest BCUT2D eigenvalue weighted by Crippen LogP contribution is -1.99. The summed E-state index contributed by atoms with van der Waals surface area (Å²) in [5, 5.41) is 13.1. The second kappa shape index (κ2) is 15.5. The van der Waals surface area contributed by atoms with E-state index in [1.807, 2.05) is 66.7 Å². The number of para-hydroxylation sites is 2. The molecule has 6 aromatic carbocycles. The van der Waals surface area contributed by atoms with Crippen molar-refractivity contribution in [2.75, 3.05) is 0 Å². The molecule has 0 saturated carbocycles. The molecule has 7 heteroatoms. The standard InChI is InChI=1S/C56H40N6O/c1-36(31-42(35-57)48-24-27-54-56(60-48)55-53(63-54)21-12-29-59-55)62-51-20-11-9-18-44(51)46-33-40(23-26-52(46)62)39-22-25-50-45(32-39)43-17-8-10-19-49(43)61(50)30-28-41(37-13-4-2-5-14-37)34-47(58)38-15-6-3-7-16-38/h2-29,31-35,57H,1,30,58H2/b41-28+,42-31+,47-34-,57-35?. The van der Waals surface area contributed by atoms with Gasteiger partial charge in [-0.15, -0.1) is 0 Å². The van der Waals surface area contributed by atoms with Crippen LogP contribution in [0.5, 0.6) is 0 Å².